The Hall–Kier alpha value is -0.180. The monoisotopic (exact) mass is 497 g/mol. The third-order valence-electron chi connectivity index (χ3n) is 3.91. The van der Waals surface area contributed by atoms with Crippen molar-refractivity contribution >= 4 is 53.3 Å². The summed E-state index contributed by atoms with van der Waals surface area (Å²) < 4.78 is 5.73. The highest BCUT2D eigenvalue weighted by Gasteiger charge is 2.21. The predicted molar refractivity (Wildman–Crippen MR) is 120 cm³/mol. The zero-order valence-corrected chi connectivity index (χ0v) is 18.9. The zero-order chi connectivity index (χ0) is 17.2. The number of aliphatic imine (C=N–C) groups is 1. The van der Waals surface area contributed by atoms with Crippen LogP contribution >= 0.6 is 47.3 Å². The van der Waals surface area contributed by atoms with Gasteiger partial charge in [-0.15, -0.1) is 35.7 Å². The van der Waals surface area contributed by atoms with Gasteiger partial charge in [0.05, 0.1) is 12.6 Å². The maximum atomic E-state index is 5.91. The van der Waals surface area contributed by atoms with Crippen molar-refractivity contribution < 1.29 is 4.74 Å². The van der Waals surface area contributed by atoms with Crippen molar-refractivity contribution in [2.75, 3.05) is 38.5 Å². The molecule has 1 aliphatic rings. The Bertz CT molecular complexity index is 508. The van der Waals surface area contributed by atoms with E-state index in [1.165, 1.54) is 4.90 Å². The Balaban J connectivity index is 0.00000312. The molecular formula is C18H29ClIN3OS. The number of ether oxygens (including phenoxy) is 1. The minimum Gasteiger partial charge on any atom is -0.378 e. The lowest BCUT2D eigenvalue weighted by atomic mass is 10.1. The molecule has 0 saturated carbocycles. The van der Waals surface area contributed by atoms with E-state index in [1.807, 2.05) is 23.9 Å². The van der Waals surface area contributed by atoms with Crippen LogP contribution in [0.25, 0.3) is 0 Å². The van der Waals surface area contributed by atoms with Crippen LogP contribution in [0.1, 0.15) is 26.7 Å². The zero-order valence-electron chi connectivity index (χ0n) is 15.0. The van der Waals surface area contributed by atoms with Gasteiger partial charge in [0.15, 0.2) is 5.96 Å². The molecule has 1 saturated heterocycles. The molecule has 25 heavy (non-hydrogen) atoms. The maximum absolute atomic E-state index is 5.91. The number of nitrogens with one attached hydrogen (secondary N) is 1. The Morgan fingerprint density at radius 1 is 1.28 bits per heavy atom. The van der Waals surface area contributed by atoms with Crippen molar-refractivity contribution in [3.8, 4) is 0 Å². The summed E-state index contributed by atoms with van der Waals surface area (Å²) in [5.41, 5.74) is 0. The van der Waals surface area contributed by atoms with Crippen molar-refractivity contribution in [1.82, 2.24) is 10.2 Å². The van der Waals surface area contributed by atoms with Crippen molar-refractivity contribution in [2.45, 2.75) is 37.7 Å². The van der Waals surface area contributed by atoms with Gasteiger partial charge in [0.1, 0.15) is 0 Å². The first-order chi connectivity index (χ1) is 11.7. The lowest BCUT2D eigenvalue weighted by Gasteiger charge is -2.34. The molecule has 1 aliphatic heterocycles. The molecule has 0 unspecified atom stereocenters. The van der Waals surface area contributed by atoms with Crippen LogP contribution in [-0.2, 0) is 4.74 Å². The van der Waals surface area contributed by atoms with Crippen LogP contribution in [0.15, 0.2) is 34.2 Å². The van der Waals surface area contributed by atoms with E-state index in [0.29, 0.717) is 6.10 Å². The van der Waals surface area contributed by atoms with Gasteiger partial charge in [0.25, 0.3) is 0 Å². The van der Waals surface area contributed by atoms with Gasteiger partial charge >= 0.3 is 0 Å². The van der Waals surface area contributed by atoms with Crippen LogP contribution in [0.2, 0.25) is 5.02 Å². The Morgan fingerprint density at radius 2 is 1.96 bits per heavy atom. The van der Waals surface area contributed by atoms with Crippen LogP contribution in [0.4, 0.5) is 0 Å². The number of hydrogen-bond donors (Lipinski definition) is 1. The summed E-state index contributed by atoms with van der Waals surface area (Å²) in [5, 5.41) is 4.19. The molecule has 1 fully saturated rings. The van der Waals surface area contributed by atoms with E-state index in [4.69, 9.17) is 21.3 Å². The van der Waals surface area contributed by atoms with Crippen molar-refractivity contribution in [3.05, 3.63) is 29.3 Å². The summed E-state index contributed by atoms with van der Waals surface area (Å²) in [6, 6.07) is 7.97. The highest BCUT2D eigenvalue weighted by atomic mass is 127. The van der Waals surface area contributed by atoms with Crippen LogP contribution in [0.3, 0.4) is 0 Å². The fourth-order valence-corrected chi connectivity index (χ4v) is 3.61. The summed E-state index contributed by atoms with van der Waals surface area (Å²) in [6.45, 7) is 8.72. The number of likely N-dealkylation sites (tertiary alicyclic amines) is 1. The van der Waals surface area contributed by atoms with E-state index in [2.05, 4.69) is 36.2 Å². The van der Waals surface area contributed by atoms with Crippen LogP contribution in [-0.4, -0.2) is 55.5 Å². The first-order valence-corrected chi connectivity index (χ1v) is 10.1. The van der Waals surface area contributed by atoms with Crippen LogP contribution in [0.5, 0.6) is 0 Å². The fourth-order valence-electron chi connectivity index (χ4n) is 2.74. The molecule has 0 atom stereocenters. The number of thioether (sulfide) groups is 1. The molecule has 7 heteroatoms. The van der Waals surface area contributed by atoms with Crippen molar-refractivity contribution in [1.29, 1.82) is 0 Å². The molecule has 0 aliphatic carbocycles. The molecule has 0 spiro atoms. The summed E-state index contributed by atoms with van der Waals surface area (Å²) in [4.78, 5) is 8.37. The van der Waals surface area contributed by atoms with Gasteiger partial charge in [-0.3, -0.25) is 4.99 Å². The van der Waals surface area contributed by atoms with Gasteiger partial charge < -0.3 is 15.0 Å². The molecule has 2 rings (SSSR count). The molecule has 0 bridgehead atoms. The molecule has 1 aromatic rings. The molecule has 4 nitrogen and oxygen atoms in total. The van der Waals surface area contributed by atoms with E-state index in [1.54, 1.807) is 0 Å². The minimum absolute atomic E-state index is 0. The Kier molecular flexibility index (Phi) is 11.9. The fraction of sp³-hybridized carbons (Fsp3) is 0.611. The number of piperidine rings is 1. The SMILES string of the molecule is CCNC(=NCCSc1ccc(Cl)cc1)N1CCC(OCC)CC1.I. The summed E-state index contributed by atoms with van der Waals surface area (Å²) in [6.07, 6.45) is 2.57. The van der Waals surface area contributed by atoms with E-state index < -0.39 is 0 Å². The van der Waals surface area contributed by atoms with Gasteiger partial charge in [-0.1, -0.05) is 11.6 Å². The first kappa shape index (κ1) is 22.9. The van der Waals surface area contributed by atoms with E-state index in [0.717, 1.165) is 62.4 Å². The highest BCUT2D eigenvalue weighted by Crippen LogP contribution is 2.20. The number of hydrogen-bond acceptors (Lipinski definition) is 3. The molecule has 0 radical (unpaired) electrons. The smallest absolute Gasteiger partial charge is 0.193 e. The molecule has 0 aromatic heterocycles. The molecule has 142 valence electrons. The van der Waals surface area contributed by atoms with Gasteiger partial charge in [0.2, 0.25) is 0 Å². The standard InChI is InChI=1S/C18H28ClN3OS.HI/c1-3-20-18(22-12-9-16(10-13-22)23-4-2)21-11-14-24-17-7-5-15(19)6-8-17;/h5-8,16H,3-4,9-14H2,1-2H3,(H,20,21);1H. The number of rotatable bonds is 7. The lowest BCUT2D eigenvalue weighted by Crippen LogP contribution is -2.47. The lowest BCUT2D eigenvalue weighted by molar-refractivity contribution is 0.0264. The average Bonchev–Trinajstić information content (AvgIpc) is 2.60. The Morgan fingerprint density at radius 3 is 2.56 bits per heavy atom. The number of benzene rings is 1. The summed E-state index contributed by atoms with van der Waals surface area (Å²) in [5.74, 6) is 2.00. The van der Waals surface area contributed by atoms with E-state index >= 15 is 0 Å². The van der Waals surface area contributed by atoms with Gasteiger partial charge in [-0.05, 0) is 51.0 Å². The topological polar surface area (TPSA) is 36.9 Å². The van der Waals surface area contributed by atoms with E-state index in [9.17, 15) is 0 Å². The van der Waals surface area contributed by atoms with Gasteiger partial charge in [-0.2, -0.15) is 0 Å². The third kappa shape index (κ3) is 8.37. The first-order valence-electron chi connectivity index (χ1n) is 8.76. The van der Waals surface area contributed by atoms with E-state index in [-0.39, 0.29) is 24.0 Å². The van der Waals surface area contributed by atoms with Crippen molar-refractivity contribution in [2.24, 2.45) is 4.99 Å². The summed E-state index contributed by atoms with van der Waals surface area (Å²) >= 11 is 7.72. The number of guanidine groups is 1. The second-order valence-electron chi connectivity index (χ2n) is 5.68. The van der Waals surface area contributed by atoms with Gasteiger partial charge in [0, 0.05) is 41.9 Å². The second-order valence-corrected chi connectivity index (χ2v) is 7.28. The second kappa shape index (κ2) is 13.1. The number of halogens is 2. The van der Waals surface area contributed by atoms with Crippen LogP contribution in [0, 0.1) is 0 Å². The maximum Gasteiger partial charge on any atom is 0.193 e. The predicted octanol–water partition coefficient (Wildman–Crippen LogP) is 4.52. The largest absolute Gasteiger partial charge is 0.378 e. The normalized spacial score (nSPS) is 15.8. The molecule has 0 amide bonds. The molecule has 1 heterocycles. The highest BCUT2D eigenvalue weighted by molar-refractivity contribution is 14.0. The molecule has 1 aromatic carbocycles. The average molecular weight is 498 g/mol. The quantitative estimate of drug-likeness (QED) is 0.198. The third-order valence-corrected chi connectivity index (χ3v) is 5.16. The molecular weight excluding hydrogens is 469 g/mol. The Labute approximate surface area is 178 Å². The summed E-state index contributed by atoms with van der Waals surface area (Å²) in [7, 11) is 0. The number of nitrogens with zero attached hydrogens (tertiary/aromatic N) is 2. The van der Waals surface area contributed by atoms with Crippen LogP contribution < -0.4 is 5.32 Å². The van der Waals surface area contributed by atoms with Gasteiger partial charge in [-0.25, -0.2) is 0 Å². The minimum atomic E-state index is 0. The molecule has 1 N–H and O–H groups in total. The van der Waals surface area contributed by atoms with Crippen molar-refractivity contribution in [3.63, 3.8) is 0 Å².